The van der Waals surface area contributed by atoms with Crippen molar-refractivity contribution >= 4 is 39.7 Å². The maximum Gasteiger partial charge on any atom is 0.275 e. The predicted octanol–water partition coefficient (Wildman–Crippen LogP) is 5.31. The first-order valence-electron chi connectivity index (χ1n) is 12.4. The largest absolute Gasteiger partial charge is 0.361 e. The third-order valence-corrected chi connectivity index (χ3v) is 8.33. The predicted molar refractivity (Wildman–Crippen MR) is 139 cm³/mol. The highest BCUT2D eigenvalue weighted by Crippen LogP contribution is 2.31. The van der Waals surface area contributed by atoms with Gasteiger partial charge in [-0.3, -0.25) is 9.59 Å². The Morgan fingerprint density at radius 2 is 1.91 bits per heavy atom. The lowest BCUT2D eigenvalue weighted by atomic mass is 9.97. The summed E-state index contributed by atoms with van der Waals surface area (Å²) in [6.45, 7) is 1.45. The van der Waals surface area contributed by atoms with Gasteiger partial charge in [-0.05, 0) is 67.0 Å². The quantitative estimate of drug-likeness (QED) is 0.403. The van der Waals surface area contributed by atoms with Crippen LogP contribution in [0, 0.1) is 0 Å². The second kappa shape index (κ2) is 9.30. The fourth-order valence-electron chi connectivity index (χ4n) is 5.35. The van der Waals surface area contributed by atoms with Gasteiger partial charge >= 0.3 is 0 Å². The van der Waals surface area contributed by atoms with Crippen LogP contribution in [0.4, 0.5) is 5.69 Å². The molecule has 2 aromatic carbocycles. The number of aromatic amines is 1. The van der Waals surface area contributed by atoms with Gasteiger partial charge in [0.25, 0.3) is 5.91 Å². The van der Waals surface area contributed by atoms with E-state index in [0.29, 0.717) is 18.0 Å². The molecule has 0 bridgehead atoms. The van der Waals surface area contributed by atoms with E-state index >= 15 is 0 Å². The minimum atomic E-state index is -0.156. The van der Waals surface area contributed by atoms with Crippen LogP contribution in [0.1, 0.15) is 57.4 Å². The third-order valence-electron chi connectivity index (χ3n) is 7.32. The van der Waals surface area contributed by atoms with E-state index in [-0.39, 0.29) is 11.8 Å². The van der Waals surface area contributed by atoms with Crippen molar-refractivity contribution in [3.8, 4) is 0 Å². The van der Waals surface area contributed by atoms with E-state index in [0.717, 1.165) is 65.9 Å². The molecule has 35 heavy (non-hydrogen) atoms. The number of thiazole rings is 1. The Morgan fingerprint density at radius 1 is 1.09 bits per heavy atom. The van der Waals surface area contributed by atoms with Gasteiger partial charge in [0.2, 0.25) is 5.91 Å². The van der Waals surface area contributed by atoms with E-state index in [9.17, 15) is 9.59 Å². The number of fused-ring (bicyclic) bond motifs is 2. The van der Waals surface area contributed by atoms with Crippen molar-refractivity contribution in [1.82, 2.24) is 14.9 Å². The first-order valence-corrected chi connectivity index (χ1v) is 13.2. The summed E-state index contributed by atoms with van der Waals surface area (Å²) in [5.74, 6) is 0.303. The topological polar surface area (TPSA) is 78.1 Å². The zero-order valence-electron chi connectivity index (χ0n) is 19.5. The van der Waals surface area contributed by atoms with Crippen LogP contribution < -0.4 is 5.32 Å². The number of aromatic nitrogens is 2. The number of carbonyl (C=O) groups excluding carboxylic acids is 2. The fourth-order valence-corrected chi connectivity index (χ4v) is 6.32. The minimum absolute atomic E-state index is 0.156. The normalized spacial score (nSPS) is 15.9. The van der Waals surface area contributed by atoms with Crippen molar-refractivity contribution in [3.05, 3.63) is 81.4 Å². The van der Waals surface area contributed by atoms with Crippen LogP contribution in [0.5, 0.6) is 0 Å². The molecule has 2 aliphatic rings. The van der Waals surface area contributed by atoms with Crippen LogP contribution in [0.2, 0.25) is 0 Å². The van der Waals surface area contributed by atoms with Crippen molar-refractivity contribution in [2.45, 2.75) is 44.4 Å². The van der Waals surface area contributed by atoms with Crippen LogP contribution in [-0.4, -0.2) is 39.8 Å². The van der Waals surface area contributed by atoms with Crippen molar-refractivity contribution in [2.75, 3.05) is 18.4 Å². The van der Waals surface area contributed by atoms with Gasteiger partial charge in [-0.25, -0.2) is 4.98 Å². The Bertz CT molecular complexity index is 1400. The maximum atomic E-state index is 12.9. The highest BCUT2D eigenvalue weighted by molar-refractivity contribution is 7.10. The minimum Gasteiger partial charge on any atom is -0.361 e. The van der Waals surface area contributed by atoms with Gasteiger partial charge in [0.1, 0.15) is 5.69 Å². The van der Waals surface area contributed by atoms with Gasteiger partial charge in [0.15, 0.2) is 0 Å². The molecule has 2 amide bonds. The molecule has 1 fully saturated rings. The molecule has 6 nitrogen and oxygen atoms in total. The number of hydrogen-bond acceptors (Lipinski definition) is 4. The highest BCUT2D eigenvalue weighted by Gasteiger charge is 2.27. The molecule has 6 rings (SSSR count). The van der Waals surface area contributed by atoms with Gasteiger partial charge in [-0.2, -0.15) is 0 Å². The lowest BCUT2D eigenvalue weighted by Gasteiger charge is -2.31. The molecule has 7 heteroatoms. The van der Waals surface area contributed by atoms with Crippen molar-refractivity contribution in [2.24, 2.45) is 0 Å². The van der Waals surface area contributed by atoms with Gasteiger partial charge < -0.3 is 15.2 Å². The number of nitrogens with zero attached hydrogens (tertiary/aromatic N) is 2. The molecule has 0 atom stereocenters. The number of aryl methyl sites for hydroxylation is 2. The van der Waals surface area contributed by atoms with Crippen molar-refractivity contribution in [3.63, 3.8) is 0 Å². The van der Waals surface area contributed by atoms with Gasteiger partial charge in [0, 0.05) is 47.2 Å². The molecular formula is C28H28N4O2S. The lowest BCUT2D eigenvalue weighted by Crippen LogP contribution is -2.38. The molecule has 1 saturated heterocycles. The summed E-state index contributed by atoms with van der Waals surface area (Å²) < 4.78 is 0. The maximum absolute atomic E-state index is 12.9. The number of hydrogen-bond donors (Lipinski definition) is 2. The van der Waals surface area contributed by atoms with E-state index < -0.39 is 0 Å². The summed E-state index contributed by atoms with van der Waals surface area (Å²) in [5.41, 5.74) is 6.16. The number of amides is 2. The first-order chi connectivity index (χ1) is 17.1. The van der Waals surface area contributed by atoms with E-state index in [1.807, 2.05) is 40.7 Å². The number of carbonyl (C=O) groups is 2. The summed E-state index contributed by atoms with van der Waals surface area (Å²) in [5, 5.41) is 6.97. The average Bonchev–Trinajstić information content (AvgIpc) is 3.64. The molecule has 0 saturated carbocycles. The molecule has 178 valence electrons. The van der Waals surface area contributed by atoms with Crippen LogP contribution in [0.25, 0.3) is 10.9 Å². The summed E-state index contributed by atoms with van der Waals surface area (Å²) in [6, 6.07) is 14.3. The summed E-state index contributed by atoms with van der Waals surface area (Å²) in [7, 11) is 0. The molecule has 1 aliphatic carbocycles. The number of rotatable bonds is 5. The average molecular weight is 485 g/mol. The smallest absolute Gasteiger partial charge is 0.275 e. The Balaban J connectivity index is 1.05. The summed E-state index contributed by atoms with van der Waals surface area (Å²) >= 11 is 1.55. The SMILES string of the molecule is O=C(Nc1ccc2c(c1)CCC2)c1csc(C2CCN(C(=O)Cc3c[nH]c4ccccc34)CC2)n1. The number of benzene rings is 2. The van der Waals surface area contributed by atoms with Crippen LogP contribution in [-0.2, 0) is 24.1 Å². The Kier molecular flexibility index (Phi) is 5.86. The van der Waals surface area contributed by atoms with Crippen LogP contribution in [0.3, 0.4) is 0 Å². The Labute approximate surface area is 208 Å². The number of piperidine rings is 1. The van der Waals surface area contributed by atoms with Gasteiger partial charge in [0.05, 0.1) is 11.4 Å². The molecular weight excluding hydrogens is 456 g/mol. The zero-order chi connectivity index (χ0) is 23.8. The van der Waals surface area contributed by atoms with E-state index in [4.69, 9.17) is 0 Å². The molecule has 0 unspecified atom stereocenters. The second-order valence-corrected chi connectivity index (χ2v) is 10.4. The number of likely N-dealkylation sites (tertiary alicyclic amines) is 1. The molecule has 0 radical (unpaired) electrons. The highest BCUT2D eigenvalue weighted by atomic mass is 32.1. The summed E-state index contributed by atoms with van der Waals surface area (Å²) in [4.78, 5) is 35.6. The fraction of sp³-hybridized carbons (Fsp3) is 0.321. The number of nitrogens with one attached hydrogen (secondary N) is 2. The van der Waals surface area contributed by atoms with Crippen molar-refractivity contribution < 1.29 is 9.59 Å². The van der Waals surface area contributed by atoms with Gasteiger partial charge in [-0.1, -0.05) is 24.3 Å². The van der Waals surface area contributed by atoms with Crippen LogP contribution in [0.15, 0.2) is 54.0 Å². The van der Waals surface area contributed by atoms with Crippen LogP contribution >= 0.6 is 11.3 Å². The molecule has 0 spiro atoms. The Hall–Kier alpha value is -3.45. The zero-order valence-corrected chi connectivity index (χ0v) is 20.4. The molecule has 4 aromatic rings. The first kappa shape index (κ1) is 22.0. The van der Waals surface area contributed by atoms with E-state index in [2.05, 4.69) is 33.5 Å². The Morgan fingerprint density at radius 3 is 2.80 bits per heavy atom. The van der Waals surface area contributed by atoms with Crippen molar-refractivity contribution in [1.29, 1.82) is 0 Å². The summed E-state index contributed by atoms with van der Waals surface area (Å²) in [6.07, 6.45) is 7.52. The second-order valence-electron chi connectivity index (χ2n) is 9.55. The molecule has 2 N–H and O–H groups in total. The molecule has 3 heterocycles. The van der Waals surface area contributed by atoms with E-state index in [1.54, 1.807) is 11.3 Å². The molecule has 1 aliphatic heterocycles. The standard InChI is InChI=1S/C28H28N4O2S/c33-26(15-21-16-29-24-7-2-1-6-23(21)24)32-12-10-19(11-13-32)28-31-25(17-35-28)27(34)30-22-9-8-18-4-3-5-20(18)14-22/h1-2,6-9,14,16-17,19,29H,3-5,10-13,15H2,(H,30,34). The van der Waals surface area contributed by atoms with Gasteiger partial charge in [-0.15, -0.1) is 11.3 Å². The van der Waals surface area contributed by atoms with E-state index in [1.165, 1.54) is 17.5 Å². The molecule has 2 aromatic heterocycles. The lowest BCUT2D eigenvalue weighted by molar-refractivity contribution is -0.131. The monoisotopic (exact) mass is 484 g/mol. The number of para-hydroxylation sites is 1. The number of H-pyrrole nitrogens is 1. The third kappa shape index (κ3) is 4.48. The number of anilines is 1.